The molecule has 9 nitrogen and oxygen atoms in total. The van der Waals surface area contributed by atoms with E-state index in [0.717, 1.165) is 56.5 Å². The highest BCUT2D eigenvalue weighted by Crippen LogP contribution is 2.67. The zero-order valence-corrected chi connectivity index (χ0v) is 30.5. The van der Waals surface area contributed by atoms with E-state index in [4.69, 9.17) is 9.72 Å². The lowest BCUT2D eigenvalue weighted by molar-refractivity contribution is -0.181. The lowest BCUT2D eigenvalue weighted by Crippen LogP contribution is -2.61. The van der Waals surface area contributed by atoms with E-state index in [9.17, 15) is 24.6 Å². The van der Waals surface area contributed by atoms with E-state index in [0.29, 0.717) is 6.42 Å². The summed E-state index contributed by atoms with van der Waals surface area (Å²) in [6.07, 6.45) is 7.27. The minimum atomic E-state index is -1.71. The van der Waals surface area contributed by atoms with Crippen molar-refractivity contribution in [2.75, 3.05) is 50.4 Å². The fourth-order valence-corrected chi connectivity index (χ4v) is 10.8. The minimum Gasteiger partial charge on any atom is -0.457 e. The maximum absolute atomic E-state index is 13.8. The molecule has 2 aromatic carbocycles. The second-order valence-corrected chi connectivity index (χ2v) is 16.6. The van der Waals surface area contributed by atoms with Crippen molar-refractivity contribution >= 4 is 62.5 Å². The van der Waals surface area contributed by atoms with Crippen molar-refractivity contribution in [3.05, 3.63) is 60.2 Å². The van der Waals surface area contributed by atoms with Crippen molar-refractivity contribution in [3.8, 4) is 0 Å². The predicted octanol–water partition coefficient (Wildman–Crippen LogP) is 5.73. The largest absolute Gasteiger partial charge is 0.457 e. The molecule has 2 N–H and O–H groups in total. The summed E-state index contributed by atoms with van der Waals surface area (Å²) in [6.45, 7) is 3.51. The molecule has 0 saturated heterocycles. The standard InChI is InChI=1S/C40H47N3O6S/c1-38-15-13-26(44)17-23(38)7-10-27-30-14-16-40(48,39(30,2)20-33(45)36(27)38)34(46)21-49-35(47)22-50-37-28-11-8-24(42(3)4)18-31(28)41-32-19-25(43(5)6)9-12-29(32)37/h8-9,11-13,15,17-19,27,30,33,36,45,48H,7,10,14,16,20-22H2,1-6H3/t27-,30-,33-,36+,38-,39-,40+/m0/s1. The highest BCUT2D eigenvalue weighted by atomic mass is 32.2. The zero-order chi connectivity index (χ0) is 35.7. The van der Waals surface area contributed by atoms with Crippen LogP contribution in [0.5, 0.6) is 0 Å². The second kappa shape index (κ2) is 12.5. The molecule has 0 radical (unpaired) electrons. The number of carbonyl (C=O) groups excluding carboxylic acids is 3. The number of anilines is 2. The zero-order valence-electron chi connectivity index (χ0n) is 29.7. The van der Waals surface area contributed by atoms with Crippen LogP contribution in [0.2, 0.25) is 0 Å². The van der Waals surface area contributed by atoms with Gasteiger partial charge in [0, 0.05) is 72.0 Å². The Morgan fingerprint density at radius 1 is 1.00 bits per heavy atom. The van der Waals surface area contributed by atoms with Crippen LogP contribution in [0.15, 0.2) is 65.1 Å². The Hall–Kier alpha value is -3.73. The van der Waals surface area contributed by atoms with Gasteiger partial charge in [-0.3, -0.25) is 14.4 Å². The molecule has 264 valence electrons. The number of hydrogen-bond acceptors (Lipinski definition) is 10. The van der Waals surface area contributed by atoms with Crippen LogP contribution in [0.25, 0.3) is 21.8 Å². The van der Waals surface area contributed by atoms with Gasteiger partial charge < -0.3 is 24.7 Å². The summed E-state index contributed by atoms with van der Waals surface area (Å²) in [5.41, 5.74) is 1.75. The highest BCUT2D eigenvalue weighted by Gasteiger charge is 2.68. The quantitative estimate of drug-likeness (QED) is 0.172. The fraction of sp³-hybridized carbons (Fsp3) is 0.500. The van der Waals surface area contributed by atoms with Gasteiger partial charge >= 0.3 is 5.97 Å². The number of Topliss-reactive ketones (excluding diaryl/α,β-unsaturated/α-hetero) is 1. The summed E-state index contributed by atoms with van der Waals surface area (Å²) < 4.78 is 5.57. The molecule has 1 aromatic heterocycles. The number of allylic oxidation sites excluding steroid dienone is 4. The maximum Gasteiger partial charge on any atom is 0.316 e. The number of aromatic nitrogens is 1. The number of benzene rings is 2. The maximum atomic E-state index is 13.8. The molecule has 4 aliphatic carbocycles. The Labute approximate surface area is 297 Å². The van der Waals surface area contributed by atoms with E-state index in [1.54, 1.807) is 12.2 Å². The normalized spacial score (nSPS) is 31.5. The Kier molecular flexibility index (Phi) is 8.67. The highest BCUT2D eigenvalue weighted by molar-refractivity contribution is 8.00. The molecule has 7 rings (SSSR count). The molecule has 50 heavy (non-hydrogen) atoms. The van der Waals surface area contributed by atoms with Gasteiger partial charge in [0.2, 0.25) is 5.78 Å². The molecule has 3 aromatic rings. The van der Waals surface area contributed by atoms with Gasteiger partial charge in [-0.25, -0.2) is 4.98 Å². The Balaban J connectivity index is 1.07. The topological polar surface area (TPSA) is 120 Å². The summed E-state index contributed by atoms with van der Waals surface area (Å²) >= 11 is 1.36. The molecule has 3 saturated carbocycles. The third-order valence-electron chi connectivity index (χ3n) is 12.5. The van der Waals surface area contributed by atoms with Gasteiger partial charge in [-0.2, -0.15) is 0 Å². The average Bonchev–Trinajstić information content (AvgIpc) is 3.35. The number of ether oxygens (including phenoxy) is 1. The predicted molar refractivity (Wildman–Crippen MR) is 198 cm³/mol. The molecule has 0 bridgehead atoms. The first-order chi connectivity index (χ1) is 23.7. The number of thioether (sulfide) groups is 1. The second-order valence-electron chi connectivity index (χ2n) is 15.6. The van der Waals surface area contributed by atoms with Gasteiger partial charge in [0.05, 0.1) is 22.9 Å². The number of carbonyl (C=O) groups is 3. The van der Waals surface area contributed by atoms with Crippen LogP contribution >= 0.6 is 11.8 Å². The third kappa shape index (κ3) is 5.45. The molecule has 0 spiro atoms. The first-order valence-corrected chi connectivity index (χ1v) is 18.5. The molecule has 7 atom stereocenters. The van der Waals surface area contributed by atoms with Crippen molar-refractivity contribution in [2.24, 2.45) is 28.6 Å². The molecule has 1 heterocycles. The Morgan fingerprint density at radius 3 is 2.26 bits per heavy atom. The monoisotopic (exact) mass is 697 g/mol. The summed E-state index contributed by atoms with van der Waals surface area (Å²) in [5, 5.41) is 25.6. The van der Waals surface area contributed by atoms with Crippen LogP contribution in [-0.2, 0) is 19.1 Å². The van der Waals surface area contributed by atoms with Crippen LogP contribution in [0.1, 0.15) is 46.0 Å². The lowest BCUT2D eigenvalue weighted by Gasteiger charge is -2.59. The summed E-state index contributed by atoms with van der Waals surface area (Å²) in [6, 6.07) is 12.2. The summed E-state index contributed by atoms with van der Waals surface area (Å²) in [7, 11) is 7.93. The van der Waals surface area contributed by atoms with Crippen LogP contribution < -0.4 is 9.80 Å². The molecule has 10 heteroatoms. The Morgan fingerprint density at radius 2 is 1.64 bits per heavy atom. The van der Waals surface area contributed by atoms with E-state index in [1.165, 1.54) is 11.8 Å². The number of fused-ring (bicyclic) bond motifs is 7. The number of pyridine rings is 1. The lowest BCUT2D eigenvalue weighted by atomic mass is 9.46. The van der Waals surface area contributed by atoms with Crippen LogP contribution in [0, 0.1) is 28.6 Å². The number of nitrogens with zero attached hydrogens (tertiary/aromatic N) is 3. The van der Waals surface area contributed by atoms with Crippen LogP contribution in [0.4, 0.5) is 11.4 Å². The van der Waals surface area contributed by atoms with E-state index in [2.05, 4.69) is 6.92 Å². The van der Waals surface area contributed by atoms with E-state index in [1.807, 2.05) is 87.4 Å². The molecule has 0 amide bonds. The van der Waals surface area contributed by atoms with Crippen LogP contribution in [-0.4, -0.2) is 85.0 Å². The molecular weight excluding hydrogens is 651 g/mol. The van der Waals surface area contributed by atoms with Crippen molar-refractivity contribution in [1.29, 1.82) is 0 Å². The minimum absolute atomic E-state index is 0.0143. The third-order valence-corrected chi connectivity index (χ3v) is 13.6. The number of aliphatic hydroxyl groups excluding tert-OH is 1. The number of aliphatic hydroxyl groups is 2. The summed E-state index contributed by atoms with van der Waals surface area (Å²) in [4.78, 5) is 49.1. The van der Waals surface area contributed by atoms with Gasteiger partial charge in [0.15, 0.2) is 12.4 Å². The van der Waals surface area contributed by atoms with Gasteiger partial charge in [0.1, 0.15) is 5.60 Å². The molecule has 3 fully saturated rings. The smallest absolute Gasteiger partial charge is 0.316 e. The van der Waals surface area contributed by atoms with Gasteiger partial charge in [-0.05, 0) is 92.5 Å². The molecule has 4 aliphatic rings. The van der Waals surface area contributed by atoms with Crippen molar-refractivity contribution < 1.29 is 29.3 Å². The first-order valence-electron chi connectivity index (χ1n) is 17.5. The number of ketones is 2. The van der Waals surface area contributed by atoms with E-state index in [-0.39, 0.29) is 42.1 Å². The molecular formula is C40H47N3O6S. The number of esters is 1. The van der Waals surface area contributed by atoms with Crippen molar-refractivity contribution in [1.82, 2.24) is 4.98 Å². The van der Waals surface area contributed by atoms with E-state index >= 15 is 0 Å². The van der Waals surface area contributed by atoms with Crippen molar-refractivity contribution in [2.45, 2.75) is 62.6 Å². The molecule has 0 unspecified atom stereocenters. The fourth-order valence-electron chi connectivity index (χ4n) is 9.82. The number of rotatable bonds is 8. The first kappa shape index (κ1) is 34.7. The van der Waals surface area contributed by atoms with Gasteiger partial charge in [-0.15, -0.1) is 11.8 Å². The van der Waals surface area contributed by atoms with Crippen molar-refractivity contribution in [3.63, 3.8) is 0 Å². The van der Waals surface area contributed by atoms with Gasteiger partial charge in [0.25, 0.3) is 0 Å². The Bertz CT molecular complexity index is 1910. The van der Waals surface area contributed by atoms with Gasteiger partial charge in [-0.1, -0.05) is 25.5 Å². The SMILES string of the molecule is CN(C)c1ccc2c(SCC(=O)OCC(=O)[C@]3(O)CC[C@H]4[C@@H]5CCC6=CC(=O)C=C[C@]6(C)[C@H]5[C@@H](O)C[C@@]43C)c3ccc(N(C)C)cc3nc2c1. The molecule has 0 aliphatic heterocycles. The van der Waals surface area contributed by atoms with Crippen LogP contribution in [0.3, 0.4) is 0 Å². The van der Waals surface area contributed by atoms with E-state index < -0.39 is 40.9 Å². The average molecular weight is 698 g/mol. The number of hydrogen-bond donors (Lipinski definition) is 2. The summed E-state index contributed by atoms with van der Waals surface area (Å²) in [5.74, 6) is -1.06.